The molecule has 0 aromatic carbocycles. The number of rotatable bonds is 5. The van der Waals surface area contributed by atoms with E-state index in [4.69, 9.17) is 4.74 Å². The SMILES string of the molecule is Cc1[nH]nc(CO)c1S(=O)(=O)N(C)CC1CCOCC1. The number of aromatic amines is 1. The van der Waals surface area contributed by atoms with Gasteiger partial charge in [0.1, 0.15) is 10.6 Å². The summed E-state index contributed by atoms with van der Waals surface area (Å²) in [7, 11) is -2.06. The number of aliphatic hydroxyl groups excluding tert-OH is 1. The van der Waals surface area contributed by atoms with Crippen molar-refractivity contribution in [1.29, 1.82) is 0 Å². The first-order valence-corrected chi connectivity index (χ1v) is 8.09. The molecule has 1 fully saturated rings. The van der Waals surface area contributed by atoms with Crippen molar-refractivity contribution in [1.82, 2.24) is 14.5 Å². The Morgan fingerprint density at radius 3 is 2.70 bits per heavy atom. The Balaban J connectivity index is 2.18. The monoisotopic (exact) mass is 303 g/mol. The lowest BCUT2D eigenvalue weighted by molar-refractivity contribution is 0.0620. The molecule has 0 aliphatic carbocycles. The fourth-order valence-corrected chi connectivity index (χ4v) is 4.02. The Kier molecular flexibility index (Phi) is 4.79. The summed E-state index contributed by atoms with van der Waals surface area (Å²) in [5.74, 6) is 0.313. The maximum atomic E-state index is 12.6. The summed E-state index contributed by atoms with van der Waals surface area (Å²) in [4.78, 5) is 0.0922. The number of hydrogen-bond donors (Lipinski definition) is 2. The lowest BCUT2D eigenvalue weighted by atomic mass is 10.0. The largest absolute Gasteiger partial charge is 0.390 e. The minimum Gasteiger partial charge on any atom is -0.390 e. The Morgan fingerprint density at radius 2 is 2.10 bits per heavy atom. The molecule has 1 aliphatic heterocycles. The van der Waals surface area contributed by atoms with E-state index in [0.29, 0.717) is 31.4 Å². The Morgan fingerprint density at radius 1 is 1.45 bits per heavy atom. The zero-order chi connectivity index (χ0) is 14.8. The first-order valence-electron chi connectivity index (χ1n) is 6.65. The molecule has 0 bridgehead atoms. The van der Waals surface area contributed by atoms with E-state index < -0.39 is 16.6 Å². The number of aliphatic hydroxyl groups is 1. The van der Waals surface area contributed by atoms with Crippen LogP contribution in [-0.2, 0) is 21.4 Å². The maximum absolute atomic E-state index is 12.6. The summed E-state index contributed by atoms with van der Waals surface area (Å²) in [6.45, 7) is 3.07. The average Bonchev–Trinajstić information content (AvgIpc) is 2.81. The van der Waals surface area contributed by atoms with Crippen molar-refractivity contribution in [3.63, 3.8) is 0 Å². The first kappa shape index (κ1) is 15.4. The van der Waals surface area contributed by atoms with E-state index in [9.17, 15) is 13.5 Å². The summed E-state index contributed by atoms with van der Waals surface area (Å²) in [5, 5.41) is 15.7. The maximum Gasteiger partial charge on any atom is 0.246 e. The third-order valence-corrected chi connectivity index (χ3v) is 5.66. The van der Waals surface area contributed by atoms with Crippen LogP contribution in [-0.4, -0.2) is 54.8 Å². The number of sulfonamides is 1. The molecular weight excluding hydrogens is 282 g/mol. The van der Waals surface area contributed by atoms with Crippen LogP contribution in [0.15, 0.2) is 4.90 Å². The fraction of sp³-hybridized carbons (Fsp3) is 0.750. The second-order valence-corrected chi connectivity index (χ2v) is 7.11. The standard InChI is InChI=1S/C12H21N3O4S/c1-9-12(11(8-16)14-13-9)20(17,18)15(2)7-10-3-5-19-6-4-10/h10,16H,3-8H2,1-2H3,(H,13,14). The van der Waals surface area contributed by atoms with Crippen LogP contribution in [0, 0.1) is 12.8 Å². The summed E-state index contributed by atoms with van der Waals surface area (Å²) in [5.41, 5.74) is 0.620. The minimum absolute atomic E-state index is 0.0922. The van der Waals surface area contributed by atoms with Crippen LogP contribution in [0.1, 0.15) is 24.2 Å². The molecule has 0 atom stereocenters. The number of nitrogens with zero attached hydrogens (tertiary/aromatic N) is 2. The van der Waals surface area contributed by atoms with Gasteiger partial charge in [-0.15, -0.1) is 0 Å². The van der Waals surface area contributed by atoms with Crippen LogP contribution in [0.4, 0.5) is 0 Å². The molecule has 0 saturated carbocycles. The van der Waals surface area contributed by atoms with Crippen LogP contribution < -0.4 is 0 Å². The van der Waals surface area contributed by atoms with E-state index in [1.54, 1.807) is 14.0 Å². The molecule has 2 heterocycles. The Hall–Kier alpha value is -0.960. The predicted octanol–water partition coefficient (Wildman–Crippen LogP) is 0.258. The van der Waals surface area contributed by atoms with Gasteiger partial charge in [-0.2, -0.15) is 5.10 Å². The molecule has 2 rings (SSSR count). The molecule has 114 valence electrons. The van der Waals surface area contributed by atoms with Crippen LogP contribution in [0.3, 0.4) is 0 Å². The van der Waals surface area contributed by atoms with Crippen LogP contribution in [0.2, 0.25) is 0 Å². The van der Waals surface area contributed by atoms with Gasteiger partial charge in [-0.25, -0.2) is 12.7 Å². The molecule has 0 amide bonds. The smallest absolute Gasteiger partial charge is 0.246 e. The number of nitrogens with one attached hydrogen (secondary N) is 1. The van der Waals surface area contributed by atoms with Gasteiger partial charge in [-0.05, 0) is 25.7 Å². The summed E-state index contributed by atoms with van der Waals surface area (Å²) in [6.07, 6.45) is 1.74. The van der Waals surface area contributed by atoms with E-state index in [-0.39, 0.29) is 10.6 Å². The van der Waals surface area contributed by atoms with Crippen molar-refractivity contribution in [2.24, 2.45) is 5.92 Å². The lowest BCUT2D eigenvalue weighted by Gasteiger charge is -2.26. The Bertz CT molecular complexity index is 549. The number of aromatic nitrogens is 2. The molecule has 1 aromatic heterocycles. The van der Waals surface area contributed by atoms with E-state index in [1.807, 2.05) is 0 Å². The second kappa shape index (κ2) is 6.21. The highest BCUT2D eigenvalue weighted by atomic mass is 32.2. The normalized spacial score (nSPS) is 17.8. The Labute approximate surface area is 119 Å². The van der Waals surface area contributed by atoms with Crippen molar-refractivity contribution in [3.05, 3.63) is 11.4 Å². The van der Waals surface area contributed by atoms with Crippen molar-refractivity contribution in [3.8, 4) is 0 Å². The number of hydrogen-bond acceptors (Lipinski definition) is 5. The van der Waals surface area contributed by atoms with Crippen molar-refractivity contribution < 1.29 is 18.3 Å². The van der Waals surface area contributed by atoms with E-state index >= 15 is 0 Å². The molecule has 0 radical (unpaired) electrons. The van der Waals surface area contributed by atoms with Gasteiger partial charge in [0, 0.05) is 26.8 Å². The quantitative estimate of drug-likeness (QED) is 0.813. The fourth-order valence-electron chi connectivity index (χ4n) is 2.47. The van der Waals surface area contributed by atoms with Crippen molar-refractivity contribution in [2.75, 3.05) is 26.8 Å². The third kappa shape index (κ3) is 3.03. The van der Waals surface area contributed by atoms with Gasteiger partial charge in [-0.1, -0.05) is 0 Å². The van der Waals surface area contributed by atoms with Crippen molar-refractivity contribution in [2.45, 2.75) is 31.3 Å². The predicted molar refractivity (Wildman–Crippen MR) is 72.6 cm³/mol. The van der Waals surface area contributed by atoms with Crippen LogP contribution in [0.5, 0.6) is 0 Å². The molecular formula is C12H21N3O4S. The molecule has 0 unspecified atom stereocenters. The summed E-state index contributed by atoms with van der Waals surface area (Å²) < 4.78 is 31.8. The van der Waals surface area contributed by atoms with Gasteiger partial charge in [0.15, 0.2) is 0 Å². The van der Waals surface area contributed by atoms with Gasteiger partial charge < -0.3 is 9.84 Å². The average molecular weight is 303 g/mol. The second-order valence-electron chi connectivity index (χ2n) is 5.12. The van der Waals surface area contributed by atoms with Crippen molar-refractivity contribution >= 4 is 10.0 Å². The van der Waals surface area contributed by atoms with Crippen LogP contribution in [0.25, 0.3) is 0 Å². The molecule has 1 saturated heterocycles. The first-order chi connectivity index (χ1) is 9.46. The summed E-state index contributed by atoms with van der Waals surface area (Å²) >= 11 is 0. The molecule has 0 spiro atoms. The lowest BCUT2D eigenvalue weighted by Crippen LogP contribution is -2.34. The molecule has 8 heteroatoms. The van der Waals surface area contributed by atoms with Gasteiger partial charge in [-0.3, -0.25) is 5.10 Å². The molecule has 7 nitrogen and oxygen atoms in total. The molecule has 20 heavy (non-hydrogen) atoms. The molecule has 2 N–H and O–H groups in total. The minimum atomic E-state index is -3.63. The highest BCUT2D eigenvalue weighted by Crippen LogP contribution is 2.24. The zero-order valence-electron chi connectivity index (χ0n) is 11.8. The summed E-state index contributed by atoms with van der Waals surface area (Å²) in [6, 6.07) is 0. The number of aryl methyl sites for hydroxylation is 1. The molecule has 1 aliphatic rings. The zero-order valence-corrected chi connectivity index (χ0v) is 12.6. The van der Waals surface area contributed by atoms with Gasteiger partial charge in [0.05, 0.1) is 12.3 Å². The highest BCUT2D eigenvalue weighted by molar-refractivity contribution is 7.89. The molecule has 1 aromatic rings. The third-order valence-electron chi connectivity index (χ3n) is 3.64. The van der Waals surface area contributed by atoms with E-state index in [2.05, 4.69) is 10.2 Å². The number of H-pyrrole nitrogens is 1. The topological polar surface area (TPSA) is 95.5 Å². The number of ether oxygens (including phenoxy) is 1. The van der Waals surface area contributed by atoms with E-state index in [1.165, 1.54) is 4.31 Å². The van der Waals surface area contributed by atoms with Gasteiger partial charge in [0.25, 0.3) is 0 Å². The van der Waals surface area contributed by atoms with Crippen LogP contribution >= 0.6 is 0 Å². The van der Waals surface area contributed by atoms with Gasteiger partial charge >= 0.3 is 0 Å². The highest BCUT2D eigenvalue weighted by Gasteiger charge is 2.30. The van der Waals surface area contributed by atoms with E-state index in [0.717, 1.165) is 12.8 Å². The van der Waals surface area contributed by atoms with Gasteiger partial charge in [0.2, 0.25) is 10.0 Å².